The zero-order valence-corrected chi connectivity index (χ0v) is 14.3. The van der Waals surface area contributed by atoms with Crippen LogP contribution >= 0.6 is 22.7 Å². The first-order valence-electron chi connectivity index (χ1n) is 7.32. The molecular formula is C17H16N2O2S2. The average Bonchev–Trinajstić information content (AvgIpc) is 3.27. The Morgan fingerprint density at radius 3 is 2.91 bits per heavy atom. The predicted molar refractivity (Wildman–Crippen MR) is 93.2 cm³/mol. The zero-order valence-electron chi connectivity index (χ0n) is 12.7. The molecule has 0 spiro atoms. The van der Waals surface area contributed by atoms with Crippen LogP contribution in [-0.4, -0.2) is 23.7 Å². The molecule has 0 amide bonds. The molecule has 0 saturated carbocycles. The summed E-state index contributed by atoms with van der Waals surface area (Å²) in [6.07, 6.45) is 0. The van der Waals surface area contributed by atoms with Gasteiger partial charge in [0.1, 0.15) is 5.01 Å². The van der Waals surface area contributed by atoms with Gasteiger partial charge in [-0.2, -0.15) is 11.3 Å². The van der Waals surface area contributed by atoms with Crippen LogP contribution in [0.4, 0.5) is 0 Å². The topological polar surface area (TPSA) is 34.6 Å². The number of thiophene rings is 1. The monoisotopic (exact) mass is 344 g/mol. The molecule has 118 valence electrons. The van der Waals surface area contributed by atoms with Crippen molar-refractivity contribution in [2.75, 3.05) is 13.8 Å². The highest BCUT2D eigenvalue weighted by Gasteiger charge is 2.14. The van der Waals surface area contributed by atoms with Gasteiger partial charge in [-0.05, 0) is 36.2 Å². The zero-order chi connectivity index (χ0) is 15.6. The van der Waals surface area contributed by atoms with Crippen molar-refractivity contribution in [2.24, 2.45) is 0 Å². The Hall–Kier alpha value is -1.89. The molecule has 2 aromatic heterocycles. The number of ether oxygens (including phenoxy) is 2. The minimum absolute atomic E-state index is 0.318. The number of thiazole rings is 1. The molecule has 0 aliphatic carbocycles. The molecule has 0 atom stereocenters. The summed E-state index contributed by atoms with van der Waals surface area (Å²) < 4.78 is 10.8. The highest BCUT2D eigenvalue weighted by atomic mass is 32.1. The summed E-state index contributed by atoms with van der Waals surface area (Å²) in [7, 11) is 2.11. The normalized spacial score (nSPS) is 13.0. The van der Waals surface area contributed by atoms with E-state index in [9.17, 15) is 0 Å². The molecule has 23 heavy (non-hydrogen) atoms. The fourth-order valence-electron chi connectivity index (χ4n) is 2.58. The molecule has 3 heterocycles. The first kappa shape index (κ1) is 14.7. The van der Waals surface area contributed by atoms with Gasteiger partial charge >= 0.3 is 0 Å². The highest BCUT2D eigenvalue weighted by Crippen LogP contribution is 2.33. The van der Waals surface area contributed by atoms with Gasteiger partial charge in [0, 0.05) is 29.4 Å². The maximum atomic E-state index is 5.43. The third kappa shape index (κ3) is 3.24. The van der Waals surface area contributed by atoms with E-state index < -0.39 is 0 Å². The Balaban J connectivity index is 1.41. The molecular weight excluding hydrogens is 328 g/mol. The van der Waals surface area contributed by atoms with Crippen LogP contribution < -0.4 is 9.47 Å². The fraction of sp³-hybridized carbons (Fsp3) is 0.235. The van der Waals surface area contributed by atoms with E-state index >= 15 is 0 Å². The van der Waals surface area contributed by atoms with E-state index in [0.717, 1.165) is 35.3 Å². The molecule has 3 aromatic rings. The molecule has 0 N–H and O–H groups in total. The van der Waals surface area contributed by atoms with E-state index in [1.54, 1.807) is 22.7 Å². The van der Waals surface area contributed by atoms with E-state index in [1.165, 1.54) is 11.1 Å². The van der Waals surface area contributed by atoms with E-state index in [2.05, 4.69) is 46.3 Å². The van der Waals surface area contributed by atoms with Crippen molar-refractivity contribution >= 4 is 22.7 Å². The standard InChI is InChI=1S/C17H16N2O2S2/c1-19(7-12-2-3-15-16(6-12)21-11-20-15)8-14-10-23-17(18-14)13-4-5-22-9-13/h2-6,9-10H,7-8,11H2,1H3. The van der Waals surface area contributed by atoms with Crippen LogP contribution in [0.15, 0.2) is 40.4 Å². The van der Waals surface area contributed by atoms with E-state index in [-0.39, 0.29) is 0 Å². The van der Waals surface area contributed by atoms with Gasteiger partial charge in [0.05, 0.1) is 5.69 Å². The van der Waals surface area contributed by atoms with Crippen molar-refractivity contribution in [3.63, 3.8) is 0 Å². The van der Waals surface area contributed by atoms with E-state index in [1.807, 2.05) is 6.07 Å². The number of rotatable bonds is 5. The average molecular weight is 344 g/mol. The lowest BCUT2D eigenvalue weighted by atomic mass is 10.2. The van der Waals surface area contributed by atoms with Gasteiger partial charge in [-0.25, -0.2) is 4.98 Å². The summed E-state index contributed by atoms with van der Waals surface area (Å²) in [6, 6.07) is 8.23. The summed E-state index contributed by atoms with van der Waals surface area (Å²) in [5.41, 5.74) is 3.54. The van der Waals surface area contributed by atoms with Crippen molar-refractivity contribution in [3.05, 3.63) is 51.7 Å². The quantitative estimate of drug-likeness (QED) is 0.694. The van der Waals surface area contributed by atoms with Crippen molar-refractivity contribution in [2.45, 2.75) is 13.1 Å². The largest absolute Gasteiger partial charge is 0.454 e. The minimum Gasteiger partial charge on any atom is -0.454 e. The summed E-state index contributed by atoms with van der Waals surface area (Å²) in [6.45, 7) is 2.00. The van der Waals surface area contributed by atoms with Crippen LogP contribution in [0.2, 0.25) is 0 Å². The lowest BCUT2D eigenvalue weighted by Crippen LogP contribution is -2.17. The summed E-state index contributed by atoms with van der Waals surface area (Å²) in [4.78, 5) is 6.98. The first-order valence-corrected chi connectivity index (χ1v) is 9.14. The lowest BCUT2D eigenvalue weighted by Gasteiger charge is -2.15. The highest BCUT2D eigenvalue weighted by molar-refractivity contribution is 7.14. The van der Waals surface area contributed by atoms with E-state index in [4.69, 9.17) is 14.5 Å². The smallest absolute Gasteiger partial charge is 0.231 e. The van der Waals surface area contributed by atoms with Crippen molar-refractivity contribution < 1.29 is 9.47 Å². The second kappa shape index (κ2) is 6.31. The first-order chi connectivity index (χ1) is 11.3. The Bertz CT molecular complexity index is 799. The molecule has 1 aliphatic heterocycles. The molecule has 4 nitrogen and oxygen atoms in total. The van der Waals surface area contributed by atoms with Gasteiger partial charge in [-0.3, -0.25) is 4.90 Å². The van der Waals surface area contributed by atoms with Crippen LogP contribution in [0, 0.1) is 0 Å². The minimum atomic E-state index is 0.318. The SMILES string of the molecule is CN(Cc1ccc2c(c1)OCO2)Cc1csc(-c2ccsc2)n1. The molecule has 0 bridgehead atoms. The van der Waals surface area contributed by atoms with Crippen LogP contribution in [0.25, 0.3) is 10.6 Å². The fourth-order valence-corrected chi connectivity index (χ4v) is 4.10. The van der Waals surface area contributed by atoms with Crippen molar-refractivity contribution in [1.29, 1.82) is 0 Å². The summed E-state index contributed by atoms with van der Waals surface area (Å²) in [5.74, 6) is 1.67. The molecule has 0 radical (unpaired) electrons. The van der Waals surface area contributed by atoms with Crippen molar-refractivity contribution in [3.8, 4) is 22.1 Å². The predicted octanol–water partition coefficient (Wildman–Crippen LogP) is 4.23. The molecule has 0 saturated heterocycles. The molecule has 4 rings (SSSR count). The van der Waals surface area contributed by atoms with Gasteiger partial charge in [0.2, 0.25) is 6.79 Å². The van der Waals surface area contributed by atoms with Gasteiger partial charge < -0.3 is 9.47 Å². The number of hydrogen-bond acceptors (Lipinski definition) is 6. The maximum absolute atomic E-state index is 5.43. The molecule has 0 fully saturated rings. The Labute approximate surface area is 142 Å². The molecule has 1 aliphatic rings. The number of nitrogens with zero attached hydrogens (tertiary/aromatic N) is 2. The summed E-state index contributed by atoms with van der Waals surface area (Å²) in [5, 5.41) is 7.46. The number of benzene rings is 1. The van der Waals surface area contributed by atoms with Gasteiger partial charge in [0.15, 0.2) is 11.5 Å². The Morgan fingerprint density at radius 2 is 2.04 bits per heavy atom. The summed E-state index contributed by atoms with van der Waals surface area (Å²) >= 11 is 3.41. The molecule has 0 unspecified atom stereocenters. The molecule has 1 aromatic carbocycles. The van der Waals surface area contributed by atoms with Gasteiger partial charge in [-0.15, -0.1) is 11.3 Å². The Kier molecular flexibility index (Phi) is 4.03. The number of aromatic nitrogens is 1. The second-order valence-corrected chi connectivity index (χ2v) is 7.15. The second-order valence-electron chi connectivity index (χ2n) is 5.52. The number of fused-ring (bicyclic) bond motifs is 1. The lowest BCUT2D eigenvalue weighted by molar-refractivity contribution is 0.174. The van der Waals surface area contributed by atoms with Crippen LogP contribution in [0.5, 0.6) is 11.5 Å². The van der Waals surface area contributed by atoms with Gasteiger partial charge in [0.25, 0.3) is 0 Å². The third-order valence-corrected chi connectivity index (χ3v) is 5.26. The van der Waals surface area contributed by atoms with Crippen molar-refractivity contribution in [1.82, 2.24) is 9.88 Å². The van der Waals surface area contributed by atoms with E-state index in [0.29, 0.717) is 6.79 Å². The van der Waals surface area contributed by atoms with Gasteiger partial charge in [-0.1, -0.05) is 6.07 Å². The third-order valence-electron chi connectivity index (χ3n) is 3.64. The molecule has 6 heteroatoms. The number of hydrogen-bond donors (Lipinski definition) is 0. The van der Waals surface area contributed by atoms with Crippen LogP contribution in [0.3, 0.4) is 0 Å². The Morgan fingerprint density at radius 1 is 1.13 bits per heavy atom. The van der Waals surface area contributed by atoms with Crippen LogP contribution in [-0.2, 0) is 13.1 Å². The maximum Gasteiger partial charge on any atom is 0.231 e. The van der Waals surface area contributed by atoms with Crippen LogP contribution in [0.1, 0.15) is 11.3 Å².